The molecule has 8 aromatic heterocycles. The molecule has 0 saturated carbocycles. The molecule has 0 radical (unpaired) electrons. The number of amides is 4. The molecule has 20 atom stereocenters. The number of imidazole rings is 4. The van der Waals surface area contributed by atoms with Gasteiger partial charge in [-0.2, -0.15) is 9.97 Å². The van der Waals surface area contributed by atoms with Gasteiger partial charge in [-0.1, -0.05) is 64.1 Å². The molecule has 0 aliphatic carbocycles. The second-order valence-corrected chi connectivity index (χ2v) is 35.2. The number of ether oxygens (including phenoxy) is 6. The largest absolute Gasteiger partial charge is 0.475 e. The van der Waals surface area contributed by atoms with Gasteiger partial charge < -0.3 is 67.6 Å². The molecule has 127 heavy (non-hydrogen) atoms. The van der Waals surface area contributed by atoms with Gasteiger partial charge in [0.05, 0.1) is 65.0 Å². The number of benzene rings is 2. The summed E-state index contributed by atoms with van der Waals surface area (Å²) in [5.41, 5.74) is -4.42. The van der Waals surface area contributed by atoms with Crippen molar-refractivity contribution < 1.29 is 125 Å². The third-order valence-corrected chi connectivity index (χ3v) is 25.4. The molecule has 57 heteroatoms. The number of aromatic amines is 2. The lowest BCUT2D eigenvalue weighted by Gasteiger charge is -2.32. The molecule has 4 unspecified atom stereocenters. The molecule has 8 N–H and O–H groups in total. The number of carbonyl (C=O) groups is 4. The van der Waals surface area contributed by atoms with Crippen LogP contribution in [0.5, 0.6) is 0 Å². The van der Waals surface area contributed by atoms with Crippen LogP contribution in [-0.4, -0.2) is 250 Å². The number of H-pyrrole nitrogens is 2. The van der Waals surface area contributed by atoms with Crippen LogP contribution in [0.25, 0.3) is 54.3 Å². The summed E-state index contributed by atoms with van der Waals surface area (Å²) in [4.78, 5) is 153. The summed E-state index contributed by atoms with van der Waals surface area (Å²) in [5, 5.41) is 10.4. The van der Waals surface area contributed by atoms with Crippen LogP contribution in [0.4, 0.5) is 32.3 Å². The fourth-order valence-electron chi connectivity index (χ4n) is 14.6. The standard InChI is InChI=1S/C35H36FN11O14P2.C35H36FN11O13P2.I2/c1-17(2)29(48)44-34-43-28-22(31(50)45-34)41-16-47(28)32-23-20(36)19(58-32)11-56-63(53,55-10-9-37-3)61-25-24-33(59-35(25,12-54-24)13-57-62(51,52)60-23)46-15-40-21-26(38-14-39-27(21)46)42-30(49)18-7-5-4-6-8-18;1-17(2)29(48)44-34-43-28-22(31(50)45-34)41-16-47(28)32-23-20(36)19(57-32)11-56-62(52,55-10-9-37-3)60-25-24-33(58-35(25,12-53-24)13-54-61(51)59-23)46-15-40-21-26(38-14-39-27(21)46)42-30(49)18-7-5-4-6-8-18;1-2/h4-8,14-17,19-20,23-25,32-33H,9-13H2,1-2H3,(H,51,52)(H,38,39,42,49)(H2,43,44,45,48,50);4-8,14-17,19-20,23-25,32-33,51H,9-13H2,1-2H3,(H,38,39,42,49)(H2,43,44,45,48,50);/t19-,20-,23-,24-,25+,32-,33-,35-,63?;19-,20-,23-,24-,25+,32-,33-,35-,61?,62?;/m11./s1. The minimum absolute atomic E-state index is 0.0624. The number of halogens is 4. The predicted octanol–water partition coefficient (Wildman–Crippen LogP) is 7.23. The van der Waals surface area contributed by atoms with E-state index in [9.17, 15) is 52.2 Å². The van der Waals surface area contributed by atoms with Gasteiger partial charge in [0.15, 0.2) is 93.5 Å². The van der Waals surface area contributed by atoms with Crippen molar-refractivity contribution >= 4 is 161 Å². The Morgan fingerprint density at radius 2 is 0.984 bits per heavy atom. The fourth-order valence-corrected chi connectivity index (χ4v) is 19.3. The number of aromatic nitrogens is 16. The number of fused-ring (bicyclic) bond motifs is 8. The molecule has 18 rings (SSSR count). The minimum Gasteiger partial charge on any atom is -0.367 e. The maximum Gasteiger partial charge on any atom is 0.475 e. The SMILES string of the molecule is II.[C-]#[N+]CCOP1(=O)OC[C@H]2O[C@@H](n3cnc4c(=O)[nH]c(NC(=O)C(C)C)nc43)[C@H](OP(=O)(O)OC[C@@]34CO[C@@H]([C@H](n5cnc6c(NC(=O)c7ccccc7)ncnc65)O3)[C@@H]4O1)[C@@H]2F.[C-]#[N+]CCOP1(=O)OC[C@H]2O[C@@H](n3cnc4c(=O)[nH]c(NC(=O)C(C)C)nc43)[C@H](OP(O)OC[C@@]34CO[C@@H]([C@H](n5cnc6c(NC(=O)c7ccccc7)ncnc65)O3)[C@@H]4O1)[C@@H]2F. The summed E-state index contributed by atoms with van der Waals surface area (Å²) in [5.74, 6) is -3.13. The van der Waals surface area contributed by atoms with Crippen molar-refractivity contribution in [3.05, 3.63) is 153 Å². The van der Waals surface area contributed by atoms with Gasteiger partial charge in [-0.05, 0) is 24.3 Å². The van der Waals surface area contributed by atoms with Crippen molar-refractivity contribution in [3.8, 4) is 0 Å². The summed E-state index contributed by atoms with van der Waals surface area (Å²) >= 11 is 4.24. The van der Waals surface area contributed by atoms with Gasteiger partial charge in [0.2, 0.25) is 36.8 Å². The van der Waals surface area contributed by atoms with E-state index >= 15 is 8.78 Å². The third kappa shape index (κ3) is 18.5. The lowest BCUT2D eigenvalue weighted by molar-refractivity contribution is -0.184. The average molecular weight is 2070 g/mol. The molecule has 8 bridgehead atoms. The maximum absolute atomic E-state index is 16.5. The van der Waals surface area contributed by atoms with E-state index < -0.39 is 216 Å². The van der Waals surface area contributed by atoms with E-state index in [2.05, 4.69) is 128 Å². The average Bonchev–Trinajstić information content (AvgIpc) is 1.57. The number of carbonyl (C=O) groups excluding carboxylic acids is 4. The van der Waals surface area contributed by atoms with Gasteiger partial charge in [-0.15, -0.1) is 0 Å². The Morgan fingerprint density at radius 3 is 1.43 bits per heavy atom. The van der Waals surface area contributed by atoms with Crippen LogP contribution >= 0.6 is 69.3 Å². The minimum atomic E-state index is -5.33. The Hall–Kier alpha value is -9.18. The van der Waals surface area contributed by atoms with E-state index in [0.29, 0.717) is 11.1 Å². The van der Waals surface area contributed by atoms with Crippen LogP contribution in [0.15, 0.2) is 108 Å². The first kappa shape index (κ1) is 91.1. The van der Waals surface area contributed by atoms with Gasteiger partial charge in [-0.25, -0.2) is 75.5 Å². The molecular formula is C70H72F2I2N22O27P4. The highest BCUT2D eigenvalue weighted by Gasteiger charge is 2.68. The van der Waals surface area contributed by atoms with Crippen molar-refractivity contribution in [2.45, 2.75) is 125 Å². The first-order valence-corrected chi connectivity index (χ1v) is 50.1. The first-order chi connectivity index (χ1) is 61.0. The molecule has 0 spiro atoms. The molecule has 8 fully saturated rings. The first-order valence-electron chi connectivity index (χ1n) is 38.3. The second-order valence-electron chi connectivity index (χ2n) is 29.6. The third-order valence-electron chi connectivity index (χ3n) is 20.8. The highest BCUT2D eigenvalue weighted by atomic mass is 128. The summed E-state index contributed by atoms with van der Waals surface area (Å²) in [6.07, 6.45) is -14.7. The molecule has 8 saturated heterocycles. The Morgan fingerprint density at radius 1 is 0.567 bits per heavy atom. The monoisotopic (exact) mass is 2070 g/mol. The Kier molecular flexibility index (Phi) is 27.1. The highest BCUT2D eigenvalue weighted by molar-refractivity contribution is 15.0. The van der Waals surface area contributed by atoms with Crippen molar-refractivity contribution in [3.63, 3.8) is 0 Å². The van der Waals surface area contributed by atoms with Crippen LogP contribution in [-0.2, 0) is 96.9 Å². The van der Waals surface area contributed by atoms with Crippen LogP contribution in [0.2, 0.25) is 0 Å². The number of anilines is 4. The molecule has 4 amide bonds. The van der Waals surface area contributed by atoms with Crippen molar-refractivity contribution in [2.24, 2.45) is 11.8 Å². The van der Waals surface area contributed by atoms with E-state index in [4.69, 9.17) is 86.8 Å². The number of hydrogen-bond acceptors (Lipinski definition) is 36. The maximum atomic E-state index is 16.5. The van der Waals surface area contributed by atoms with E-state index in [-0.39, 0.29) is 94.5 Å². The quantitative estimate of drug-likeness (QED) is 0.0182. The summed E-state index contributed by atoms with van der Waals surface area (Å²) < 4.78 is 176. The lowest BCUT2D eigenvalue weighted by atomic mass is 10.0. The number of alkyl halides is 2. The van der Waals surface area contributed by atoms with Crippen LogP contribution in [0, 0.1) is 25.0 Å². The second kappa shape index (κ2) is 37.7. The van der Waals surface area contributed by atoms with Gasteiger partial charge in [-0.3, -0.25) is 104 Å². The summed E-state index contributed by atoms with van der Waals surface area (Å²) in [6.45, 7) is 15.9. The van der Waals surface area contributed by atoms with Crippen LogP contribution in [0.3, 0.4) is 0 Å². The van der Waals surface area contributed by atoms with Crippen molar-refractivity contribution in [2.75, 3.05) is 87.2 Å². The van der Waals surface area contributed by atoms with Gasteiger partial charge in [0, 0.05) is 60.2 Å². The Labute approximate surface area is 737 Å². The van der Waals surface area contributed by atoms with Gasteiger partial charge in [0.1, 0.15) is 85.9 Å². The zero-order valence-electron chi connectivity index (χ0n) is 66.1. The zero-order chi connectivity index (χ0) is 89.6. The van der Waals surface area contributed by atoms with Crippen LogP contribution < -0.4 is 32.4 Å². The molecule has 2 aromatic carbocycles. The summed E-state index contributed by atoms with van der Waals surface area (Å²) in [6, 6.07) is 16.9. The smallest absolute Gasteiger partial charge is 0.367 e. The Bertz CT molecular complexity index is 6200. The molecule has 10 aromatic rings. The number of rotatable bonds is 18. The van der Waals surface area contributed by atoms with E-state index in [0.717, 1.165) is 17.2 Å². The van der Waals surface area contributed by atoms with E-state index in [1.807, 2.05) is 0 Å². The molecular weight excluding hydrogens is 2000 g/mol. The zero-order valence-corrected chi connectivity index (χ0v) is 74.0. The van der Waals surface area contributed by atoms with Crippen LogP contribution in [0.1, 0.15) is 73.3 Å². The molecule has 672 valence electrons. The van der Waals surface area contributed by atoms with E-state index in [1.165, 1.54) is 39.0 Å². The van der Waals surface area contributed by atoms with Gasteiger partial charge >= 0.3 is 32.1 Å². The number of hydrogen-bond donors (Lipinski definition) is 8. The van der Waals surface area contributed by atoms with Crippen molar-refractivity contribution in [1.29, 1.82) is 0 Å². The Balaban J connectivity index is 0.000000183. The number of nitrogens with one attached hydrogen (secondary N) is 6. The molecule has 16 heterocycles. The molecule has 8 aliphatic rings. The molecule has 49 nitrogen and oxygen atoms in total. The fraction of sp³-hybridized carbons (Fsp3) is 0.457. The number of phosphoric acid groups is 3. The summed E-state index contributed by atoms with van der Waals surface area (Å²) in [7, 11) is -17.9. The molecule has 8 aliphatic heterocycles. The number of nitrogens with zero attached hydrogens (tertiary/aromatic N) is 16. The number of phosphoric ester groups is 3. The van der Waals surface area contributed by atoms with Crippen molar-refractivity contribution in [1.82, 2.24) is 78.1 Å². The van der Waals surface area contributed by atoms with E-state index in [1.54, 1.807) is 88.4 Å². The highest BCUT2D eigenvalue weighted by Crippen LogP contribution is 2.63. The lowest BCUT2D eigenvalue weighted by Crippen LogP contribution is -2.46. The normalized spacial score (nSPS) is 31.0. The topological polar surface area (TPSA) is 579 Å². The van der Waals surface area contributed by atoms with Gasteiger partial charge in [0.25, 0.3) is 22.9 Å². The predicted molar refractivity (Wildman–Crippen MR) is 446 cm³/mol.